The molecular formula is C19H18ClN3O2S. The lowest BCUT2D eigenvalue weighted by atomic mass is 10.2. The van der Waals surface area contributed by atoms with E-state index in [1.165, 1.54) is 16.7 Å². The SMILES string of the molecule is Cc1cccc(NC(=O)C2CC(=O)N(C)C(=Nc3ccc(Cl)cc3)S2)c1. The molecule has 1 saturated heterocycles. The van der Waals surface area contributed by atoms with E-state index in [9.17, 15) is 9.59 Å². The molecule has 1 unspecified atom stereocenters. The smallest absolute Gasteiger partial charge is 0.238 e. The lowest BCUT2D eigenvalue weighted by molar-refractivity contribution is -0.128. The van der Waals surface area contributed by atoms with Gasteiger partial charge in [0, 0.05) is 24.2 Å². The maximum atomic E-state index is 12.6. The molecule has 3 rings (SSSR count). The lowest BCUT2D eigenvalue weighted by Gasteiger charge is -2.28. The van der Waals surface area contributed by atoms with Crippen molar-refractivity contribution >= 4 is 51.7 Å². The highest BCUT2D eigenvalue weighted by molar-refractivity contribution is 8.15. The average Bonchev–Trinajstić information content (AvgIpc) is 2.60. The van der Waals surface area contributed by atoms with Gasteiger partial charge in [-0.15, -0.1) is 0 Å². The molecule has 1 N–H and O–H groups in total. The van der Waals surface area contributed by atoms with E-state index in [1.54, 1.807) is 31.3 Å². The highest BCUT2D eigenvalue weighted by Crippen LogP contribution is 2.29. The van der Waals surface area contributed by atoms with E-state index in [0.717, 1.165) is 11.3 Å². The fourth-order valence-electron chi connectivity index (χ4n) is 2.47. The number of aliphatic imine (C=N–C) groups is 1. The Bertz CT molecular complexity index is 867. The summed E-state index contributed by atoms with van der Waals surface area (Å²) < 4.78 is 0. The normalized spacial score (nSPS) is 18.9. The third-order valence-electron chi connectivity index (χ3n) is 3.90. The maximum Gasteiger partial charge on any atom is 0.238 e. The maximum absolute atomic E-state index is 12.6. The Labute approximate surface area is 161 Å². The summed E-state index contributed by atoms with van der Waals surface area (Å²) in [6, 6.07) is 14.6. The molecule has 1 aliphatic heterocycles. The standard InChI is InChI=1S/C19H18ClN3O2S/c1-12-4-3-5-15(10-12)21-18(25)16-11-17(24)23(2)19(26-16)22-14-8-6-13(20)7-9-14/h3-10,16H,11H2,1-2H3,(H,21,25). The third kappa shape index (κ3) is 4.45. The van der Waals surface area contributed by atoms with Crippen LogP contribution in [0.4, 0.5) is 11.4 Å². The molecule has 7 heteroatoms. The molecular weight excluding hydrogens is 370 g/mol. The van der Waals surface area contributed by atoms with Gasteiger partial charge in [0.15, 0.2) is 5.17 Å². The Kier molecular flexibility index (Phi) is 5.64. The molecule has 2 aromatic rings. The van der Waals surface area contributed by atoms with E-state index >= 15 is 0 Å². The molecule has 1 heterocycles. The number of benzene rings is 2. The number of halogens is 1. The van der Waals surface area contributed by atoms with Crippen LogP contribution >= 0.6 is 23.4 Å². The molecule has 0 radical (unpaired) electrons. The molecule has 0 saturated carbocycles. The second-order valence-electron chi connectivity index (χ2n) is 5.99. The van der Waals surface area contributed by atoms with Crippen LogP contribution in [0.2, 0.25) is 5.02 Å². The Morgan fingerprint density at radius 1 is 1.27 bits per heavy atom. The Hall–Kier alpha value is -2.31. The first-order valence-electron chi connectivity index (χ1n) is 8.07. The number of nitrogens with one attached hydrogen (secondary N) is 1. The molecule has 0 aromatic heterocycles. The van der Waals surface area contributed by atoms with Crippen LogP contribution in [0.1, 0.15) is 12.0 Å². The van der Waals surface area contributed by atoms with Gasteiger partial charge in [0.25, 0.3) is 0 Å². The summed E-state index contributed by atoms with van der Waals surface area (Å²) in [5.74, 6) is -0.341. The summed E-state index contributed by atoms with van der Waals surface area (Å²) in [6.07, 6.45) is 0.137. The van der Waals surface area contributed by atoms with Gasteiger partial charge in [-0.2, -0.15) is 0 Å². The van der Waals surface area contributed by atoms with Crippen LogP contribution in [-0.2, 0) is 9.59 Å². The predicted molar refractivity (Wildman–Crippen MR) is 107 cm³/mol. The molecule has 0 aliphatic carbocycles. The summed E-state index contributed by atoms with van der Waals surface area (Å²) in [7, 11) is 1.67. The molecule has 0 spiro atoms. The summed E-state index contributed by atoms with van der Waals surface area (Å²) in [5, 5.41) is 3.46. The van der Waals surface area contributed by atoms with Crippen LogP contribution in [0, 0.1) is 6.92 Å². The highest BCUT2D eigenvalue weighted by Gasteiger charge is 2.34. The number of thioether (sulfide) groups is 1. The molecule has 0 bridgehead atoms. The fourth-order valence-corrected chi connectivity index (χ4v) is 3.66. The van der Waals surface area contributed by atoms with E-state index in [1.807, 2.05) is 31.2 Å². The second-order valence-corrected chi connectivity index (χ2v) is 7.60. The van der Waals surface area contributed by atoms with Crippen molar-refractivity contribution in [3.05, 3.63) is 59.1 Å². The van der Waals surface area contributed by atoms with Crippen LogP contribution in [0.5, 0.6) is 0 Å². The van der Waals surface area contributed by atoms with Gasteiger partial charge >= 0.3 is 0 Å². The van der Waals surface area contributed by atoms with Gasteiger partial charge < -0.3 is 5.32 Å². The summed E-state index contributed by atoms with van der Waals surface area (Å²) in [6.45, 7) is 1.96. The van der Waals surface area contributed by atoms with Gasteiger partial charge in [-0.05, 0) is 48.9 Å². The van der Waals surface area contributed by atoms with E-state index in [2.05, 4.69) is 10.3 Å². The Morgan fingerprint density at radius 2 is 2.00 bits per heavy atom. The molecule has 1 atom stereocenters. The largest absolute Gasteiger partial charge is 0.325 e. The first kappa shape index (κ1) is 18.5. The Balaban J connectivity index is 1.77. The number of aryl methyl sites for hydroxylation is 1. The first-order chi connectivity index (χ1) is 12.4. The van der Waals surface area contributed by atoms with Crippen LogP contribution in [0.3, 0.4) is 0 Å². The molecule has 134 valence electrons. The van der Waals surface area contributed by atoms with Gasteiger partial charge in [0.1, 0.15) is 5.25 Å². The van der Waals surface area contributed by atoms with E-state index in [-0.39, 0.29) is 18.2 Å². The van der Waals surface area contributed by atoms with Gasteiger partial charge in [0.2, 0.25) is 11.8 Å². The predicted octanol–water partition coefficient (Wildman–Crippen LogP) is 4.24. The number of amides is 2. The number of amidine groups is 1. The van der Waals surface area contributed by atoms with Crippen molar-refractivity contribution in [2.45, 2.75) is 18.6 Å². The summed E-state index contributed by atoms with van der Waals surface area (Å²) in [5.41, 5.74) is 2.45. The molecule has 2 amide bonds. The third-order valence-corrected chi connectivity index (χ3v) is 5.39. The van der Waals surface area contributed by atoms with Crippen molar-refractivity contribution in [2.24, 2.45) is 4.99 Å². The Morgan fingerprint density at radius 3 is 2.69 bits per heavy atom. The van der Waals surface area contributed by atoms with Crippen LogP contribution in [-0.4, -0.2) is 34.2 Å². The van der Waals surface area contributed by atoms with Gasteiger partial charge in [-0.1, -0.05) is 35.5 Å². The molecule has 1 fully saturated rings. The topological polar surface area (TPSA) is 61.8 Å². The lowest BCUT2D eigenvalue weighted by Crippen LogP contribution is -2.43. The minimum absolute atomic E-state index is 0.137. The first-order valence-corrected chi connectivity index (χ1v) is 9.33. The number of hydrogen-bond acceptors (Lipinski definition) is 4. The highest BCUT2D eigenvalue weighted by atomic mass is 35.5. The van der Waals surface area contributed by atoms with Crippen LogP contribution in [0.25, 0.3) is 0 Å². The van der Waals surface area contributed by atoms with Crippen LogP contribution < -0.4 is 5.32 Å². The zero-order valence-electron chi connectivity index (χ0n) is 14.4. The van der Waals surface area contributed by atoms with E-state index < -0.39 is 5.25 Å². The quantitative estimate of drug-likeness (QED) is 0.856. The molecule has 5 nitrogen and oxygen atoms in total. The van der Waals surface area contributed by atoms with Crippen molar-refractivity contribution in [1.29, 1.82) is 0 Å². The van der Waals surface area contributed by atoms with E-state index in [0.29, 0.717) is 15.9 Å². The number of nitrogens with zero attached hydrogens (tertiary/aromatic N) is 2. The number of carbonyl (C=O) groups excluding carboxylic acids is 2. The molecule has 26 heavy (non-hydrogen) atoms. The van der Waals surface area contributed by atoms with Gasteiger partial charge in [0.05, 0.1) is 5.69 Å². The van der Waals surface area contributed by atoms with E-state index in [4.69, 9.17) is 11.6 Å². The fraction of sp³-hybridized carbons (Fsp3) is 0.211. The van der Waals surface area contributed by atoms with Crippen molar-refractivity contribution in [3.8, 4) is 0 Å². The number of rotatable bonds is 3. The van der Waals surface area contributed by atoms with Crippen molar-refractivity contribution in [1.82, 2.24) is 4.90 Å². The number of carbonyl (C=O) groups is 2. The number of hydrogen-bond donors (Lipinski definition) is 1. The monoisotopic (exact) mass is 387 g/mol. The van der Waals surface area contributed by atoms with Crippen LogP contribution in [0.15, 0.2) is 53.5 Å². The minimum atomic E-state index is -0.523. The number of anilines is 1. The zero-order valence-corrected chi connectivity index (χ0v) is 16.0. The van der Waals surface area contributed by atoms with Gasteiger partial charge in [-0.25, -0.2) is 4.99 Å². The molecule has 1 aliphatic rings. The summed E-state index contributed by atoms with van der Waals surface area (Å²) >= 11 is 7.17. The minimum Gasteiger partial charge on any atom is -0.325 e. The van der Waals surface area contributed by atoms with Crippen molar-refractivity contribution in [2.75, 3.05) is 12.4 Å². The summed E-state index contributed by atoms with van der Waals surface area (Å²) in [4.78, 5) is 30.9. The zero-order chi connectivity index (χ0) is 18.7. The van der Waals surface area contributed by atoms with Gasteiger partial charge in [-0.3, -0.25) is 14.5 Å². The van der Waals surface area contributed by atoms with Crippen molar-refractivity contribution in [3.63, 3.8) is 0 Å². The molecule has 2 aromatic carbocycles. The van der Waals surface area contributed by atoms with Crippen molar-refractivity contribution < 1.29 is 9.59 Å². The second kappa shape index (κ2) is 7.93. The average molecular weight is 388 g/mol.